The molecule has 0 atom stereocenters. The molecule has 0 saturated carbocycles. The number of carbonyl (C=O) groups excluding carboxylic acids is 2. The quantitative estimate of drug-likeness (QED) is 0.441. The second kappa shape index (κ2) is 13.4. The van der Waals surface area contributed by atoms with Gasteiger partial charge in [0.25, 0.3) is 0 Å². The molecule has 0 fully saturated rings. The Labute approximate surface area is 191 Å². The molecule has 0 saturated heterocycles. The summed E-state index contributed by atoms with van der Waals surface area (Å²) in [6.07, 6.45) is 2.47. The third-order valence-electron chi connectivity index (χ3n) is 4.63. The molecule has 0 spiro atoms. The fourth-order valence-corrected chi connectivity index (χ4v) is 3.07. The van der Waals surface area contributed by atoms with Gasteiger partial charge in [-0.1, -0.05) is 24.3 Å². The highest BCUT2D eigenvalue weighted by Gasteiger charge is 2.06. The fourth-order valence-electron chi connectivity index (χ4n) is 3.07. The maximum atomic E-state index is 12.0. The van der Waals surface area contributed by atoms with Crippen molar-refractivity contribution in [3.63, 3.8) is 0 Å². The second-order valence-corrected chi connectivity index (χ2v) is 8.38. The zero-order valence-corrected chi connectivity index (χ0v) is 19.6. The van der Waals surface area contributed by atoms with Gasteiger partial charge in [0.2, 0.25) is 11.8 Å². The summed E-state index contributed by atoms with van der Waals surface area (Å²) in [6.45, 7) is 8.92. The molecule has 0 heterocycles. The van der Waals surface area contributed by atoms with Crippen LogP contribution < -0.4 is 20.1 Å². The minimum atomic E-state index is -0.00313. The molecule has 2 aromatic carbocycles. The minimum Gasteiger partial charge on any atom is -0.491 e. The fraction of sp³-hybridized carbons (Fsp3) is 0.462. The van der Waals surface area contributed by atoms with E-state index in [-0.39, 0.29) is 24.0 Å². The molecule has 6 nitrogen and oxygen atoms in total. The Morgan fingerprint density at radius 1 is 0.656 bits per heavy atom. The van der Waals surface area contributed by atoms with Gasteiger partial charge in [-0.2, -0.15) is 0 Å². The van der Waals surface area contributed by atoms with E-state index in [9.17, 15) is 9.59 Å². The Morgan fingerprint density at radius 2 is 1.00 bits per heavy atom. The van der Waals surface area contributed by atoms with E-state index >= 15 is 0 Å². The molecule has 0 aliphatic heterocycles. The van der Waals surface area contributed by atoms with Crippen LogP contribution in [0.5, 0.6) is 11.5 Å². The molecular weight excluding hydrogens is 404 g/mol. The van der Waals surface area contributed by atoms with Crippen molar-refractivity contribution in [2.45, 2.75) is 78.7 Å². The topological polar surface area (TPSA) is 76.7 Å². The lowest BCUT2D eigenvalue weighted by atomic mass is 10.1. The van der Waals surface area contributed by atoms with Gasteiger partial charge in [0.1, 0.15) is 11.5 Å². The summed E-state index contributed by atoms with van der Waals surface area (Å²) < 4.78 is 11.2. The number of benzene rings is 2. The first kappa shape index (κ1) is 25.2. The summed E-state index contributed by atoms with van der Waals surface area (Å²) in [6, 6.07) is 15.4. The monoisotopic (exact) mass is 440 g/mol. The summed E-state index contributed by atoms with van der Waals surface area (Å²) in [4.78, 5) is 24.1. The van der Waals surface area contributed by atoms with Crippen molar-refractivity contribution in [1.29, 1.82) is 0 Å². The molecule has 0 bridgehead atoms. The van der Waals surface area contributed by atoms with Crippen LogP contribution in [0, 0.1) is 0 Å². The highest BCUT2D eigenvalue weighted by molar-refractivity contribution is 5.77. The lowest BCUT2D eigenvalue weighted by Gasteiger charge is -2.11. The maximum absolute atomic E-state index is 12.0. The first-order valence-electron chi connectivity index (χ1n) is 11.4. The number of rotatable bonds is 13. The summed E-state index contributed by atoms with van der Waals surface area (Å²) in [5.74, 6) is 1.64. The normalized spacial score (nSPS) is 10.8. The first-order valence-corrected chi connectivity index (χ1v) is 11.4. The Morgan fingerprint density at radius 3 is 1.31 bits per heavy atom. The maximum Gasteiger partial charge on any atom is 0.220 e. The Kier molecular flexibility index (Phi) is 10.6. The number of unbranched alkanes of at least 4 members (excludes halogenated alkanes) is 1. The van der Waals surface area contributed by atoms with Crippen molar-refractivity contribution >= 4 is 11.8 Å². The van der Waals surface area contributed by atoms with Crippen LogP contribution in [0.4, 0.5) is 0 Å². The van der Waals surface area contributed by atoms with Crippen molar-refractivity contribution in [3.05, 3.63) is 59.7 Å². The third-order valence-corrected chi connectivity index (χ3v) is 4.63. The van der Waals surface area contributed by atoms with Crippen LogP contribution >= 0.6 is 0 Å². The number of amides is 2. The van der Waals surface area contributed by atoms with Crippen LogP contribution in [0.15, 0.2) is 48.5 Å². The molecule has 0 radical (unpaired) electrons. The number of carbonyl (C=O) groups is 2. The standard InChI is InChI=1S/C26H36N2O4/c1-19(2)31-23-13-9-21(10-14-23)17-27-25(29)7-5-6-8-26(30)28-18-22-11-15-24(16-12-22)32-20(3)4/h9-16,19-20H,5-8,17-18H2,1-4H3,(H,27,29)(H,28,30). The number of nitrogens with one attached hydrogen (secondary N) is 2. The predicted molar refractivity (Wildman–Crippen MR) is 127 cm³/mol. The number of ether oxygens (including phenoxy) is 2. The highest BCUT2D eigenvalue weighted by atomic mass is 16.5. The largest absolute Gasteiger partial charge is 0.491 e. The summed E-state index contributed by atoms with van der Waals surface area (Å²) in [5.41, 5.74) is 2.05. The van der Waals surface area contributed by atoms with Gasteiger partial charge in [-0.05, 0) is 75.9 Å². The zero-order valence-electron chi connectivity index (χ0n) is 19.6. The predicted octanol–water partition coefficient (Wildman–Crippen LogP) is 4.75. The average molecular weight is 441 g/mol. The lowest BCUT2D eigenvalue weighted by molar-refractivity contribution is -0.123. The van der Waals surface area contributed by atoms with Gasteiger partial charge in [0.05, 0.1) is 12.2 Å². The van der Waals surface area contributed by atoms with E-state index in [0.29, 0.717) is 38.8 Å². The molecule has 2 N–H and O–H groups in total. The van der Waals surface area contributed by atoms with E-state index in [1.54, 1.807) is 0 Å². The molecular formula is C26H36N2O4. The van der Waals surface area contributed by atoms with Crippen LogP contribution in [-0.2, 0) is 22.7 Å². The molecule has 32 heavy (non-hydrogen) atoms. The van der Waals surface area contributed by atoms with Crippen LogP contribution in [0.3, 0.4) is 0 Å². The van der Waals surface area contributed by atoms with E-state index in [4.69, 9.17) is 9.47 Å². The third kappa shape index (κ3) is 10.3. The van der Waals surface area contributed by atoms with Crippen molar-refractivity contribution < 1.29 is 19.1 Å². The van der Waals surface area contributed by atoms with Crippen molar-refractivity contribution in [3.8, 4) is 11.5 Å². The van der Waals surface area contributed by atoms with Crippen LogP contribution in [-0.4, -0.2) is 24.0 Å². The molecule has 174 valence electrons. The van der Waals surface area contributed by atoms with Gasteiger partial charge < -0.3 is 20.1 Å². The van der Waals surface area contributed by atoms with E-state index in [2.05, 4.69) is 10.6 Å². The van der Waals surface area contributed by atoms with E-state index in [1.165, 1.54) is 0 Å². The van der Waals surface area contributed by atoms with Gasteiger partial charge in [-0.3, -0.25) is 9.59 Å². The minimum absolute atomic E-state index is 0.00313. The van der Waals surface area contributed by atoms with Gasteiger partial charge in [-0.25, -0.2) is 0 Å². The Bertz CT molecular complexity index is 758. The van der Waals surface area contributed by atoms with Crippen molar-refractivity contribution in [1.82, 2.24) is 10.6 Å². The van der Waals surface area contributed by atoms with Gasteiger partial charge in [-0.15, -0.1) is 0 Å². The summed E-state index contributed by atoms with van der Waals surface area (Å²) in [5, 5.41) is 5.84. The van der Waals surface area contributed by atoms with E-state index < -0.39 is 0 Å². The summed E-state index contributed by atoms with van der Waals surface area (Å²) >= 11 is 0. The van der Waals surface area contributed by atoms with E-state index in [0.717, 1.165) is 22.6 Å². The average Bonchev–Trinajstić information content (AvgIpc) is 2.75. The molecule has 0 aromatic heterocycles. The van der Waals surface area contributed by atoms with Gasteiger partial charge in [0, 0.05) is 25.9 Å². The molecule has 0 aliphatic rings. The van der Waals surface area contributed by atoms with Gasteiger partial charge >= 0.3 is 0 Å². The van der Waals surface area contributed by atoms with Crippen LogP contribution in [0.1, 0.15) is 64.5 Å². The molecule has 6 heteroatoms. The van der Waals surface area contributed by atoms with Crippen molar-refractivity contribution in [2.24, 2.45) is 0 Å². The van der Waals surface area contributed by atoms with Crippen LogP contribution in [0.2, 0.25) is 0 Å². The van der Waals surface area contributed by atoms with Gasteiger partial charge in [0.15, 0.2) is 0 Å². The number of hydrogen-bond acceptors (Lipinski definition) is 4. The molecule has 2 aromatic rings. The van der Waals surface area contributed by atoms with E-state index in [1.807, 2.05) is 76.2 Å². The second-order valence-electron chi connectivity index (χ2n) is 8.38. The molecule has 0 aliphatic carbocycles. The molecule has 2 rings (SSSR count). The molecule has 0 unspecified atom stereocenters. The summed E-state index contributed by atoms with van der Waals surface area (Å²) in [7, 11) is 0. The van der Waals surface area contributed by atoms with Crippen LogP contribution in [0.25, 0.3) is 0 Å². The first-order chi connectivity index (χ1) is 15.3. The highest BCUT2D eigenvalue weighted by Crippen LogP contribution is 2.15. The zero-order chi connectivity index (χ0) is 23.3. The lowest BCUT2D eigenvalue weighted by Crippen LogP contribution is -2.23. The SMILES string of the molecule is CC(C)Oc1ccc(CNC(=O)CCCCC(=O)NCc2ccc(OC(C)C)cc2)cc1. The molecule has 2 amide bonds. The Balaban J connectivity index is 1.56. The van der Waals surface area contributed by atoms with Crippen molar-refractivity contribution in [2.75, 3.05) is 0 Å². The number of hydrogen-bond donors (Lipinski definition) is 2. The Hall–Kier alpha value is -3.02. The smallest absolute Gasteiger partial charge is 0.220 e.